The summed E-state index contributed by atoms with van der Waals surface area (Å²) in [5.74, 6) is -1.21. The van der Waals surface area contributed by atoms with Gasteiger partial charge in [-0.3, -0.25) is 9.59 Å². The van der Waals surface area contributed by atoms with Crippen LogP contribution >= 0.6 is 0 Å². The molecule has 2 aromatic carbocycles. The number of carbonyl (C=O) groups is 2. The molecule has 0 aliphatic rings. The molecule has 120 valence electrons. The van der Waals surface area contributed by atoms with Crippen molar-refractivity contribution in [2.24, 2.45) is 0 Å². The minimum Gasteiger partial charge on any atom is -0.426 e. The Labute approximate surface area is 133 Å². The van der Waals surface area contributed by atoms with Crippen LogP contribution in [0.1, 0.15) is 24.8 Å². The van der Waals surface area contributed by atoms with Gasteiger partial charge in [-0.1, -0.05) is 30.3 Å². The van der Waals surface area contributed by atoms with Gasteiger partial charge in [-0.2, -0.15) is 0 Å². The van der Waals surface area contributed by atoms with E-state index in [0.29, 0.717) is 5.75 Å². The molecular weight excluding hydrogens is 299 g/mol. The third-order valence-electron chi connectivity index (χ3n) is 3.14. The highest BCUT2D eigenvalue weighted by Crippen LogP contribution is 2.18. The summed E-state index contributed by atoms with van der Waals surface area (Å²) in [6.45, 7) is 1.84. The van der Waals surface area contributed by atoms with Gasteiger partial charge in [-0.05, 0) is 37.1 Å². The Morgan fingerprint density at radius 3 is 2.00 bits per heavy atom. The van der Waals surface area contributed by atoms with Crippen LogP contribution in [0.15, 0.2) is 48.5 Å². The maximum absolute atomic E-state index is 13.3. The van der Waals surface area contributed by atoms with E-state index in [2.05, 4.69) is 0 Å². The fourth-order valence-corrected chi connectivity index (χ4v) is 1.92. The number of benzene rings is 2. The number of hydrogen-bond donors (Lipinski definition) is 0. The molecule has 23 heavy (non-hydrogen) atoms. The molecule has 0 saturated heterocycles. The Morgan fingerprint density at radius 2 is 1.39 bits per heavy atom. The van der Waals surface area contributed by atoms with E-state index in [1.54, 1.807) is 18.2 Å². The van der Waals surface area contributed by atoms with E-state index in [4.69, 9.17) is 9.47 Å². The second kappa shape index (κ2) is 8.08. The summed E-state index contributed by atoms with van der Waals surface area (Å²) in [7, 11) is 0. The molecule has 0 spiro atoms. The van der Waals surface area contributed by atoms with Gasteiger partial charge in [0.2, 0.25) is 0 Å². The van der Waals surface area contributed by atoms with Gasteiger partial charge in [0.1, 0.15) is 5.75 Å². The van der Waals surface area contributed by atoms with Gasteiger partial charge in [-0.25, -0.2) is 4.39 Å². The monoisotopic (exact) mass is 316 g/mol. The number of carbonyl (C=O) groups excluding carboxylic acids is 2. The van der Waals surface area contributed by atoms with Gasteiger partial charge in [0.05, 0.1) is 0 Å². The van der Waals surface area contributed by atoms with Crippen LogP contribution in [0.2, 0.25) is 0 Å². The largest absolute Gasteiger partial charge is 0.426 e. The molecule has 2 aromatic rings. The Balaban J connectivity index is 1.74. The lowest BCUT2D eigenvalue weighted by Crippen LogP contribution is -2.12. The number of para-hydroxylation sites is 2. The first kappa shape index (κ1) is 16.7. The summed E-state index contributed by atoms with van der Waals surface area (Å²) in [5, 5.41) is 0. The second-order valence-electron chi connectivity index (χ2n) is 5.00. The smallest absolute Gasteiger partial charge is 0.311 e. The first-order valence-electron chi connectivity index (χ1n) is 7.28. The fourth-order valence-electron chi connectivity index (χ4n) is 1.92. The lowest BCUT2D eigenvalue weighted by Gasteiger charge is -2.07. The van der Waals surface area contributed by atoms with Crippen molar-refractivity contribution >= 4 is 11.9 Å². The highest BCUT2D eigenvalue weighted by atomic mass is 19.1. The van der Waals surface area contributed by atoms with Crippen LogP contribution in [-0.2, 0) is 9.59 Å². The molecule has 5 heteroatoms. The number of hydrogen-bond acceptors (Lipinski definition) is 4. The van der Waals surface area contributed by atoms with Crippen molar-refractivity contribution in [3.05, 3.63) is 59.9 Å². The summed E-state index contributed by atoms with van der Waals surface area (Å²) in [4.78, 5) is 23.3. The molecule has 0 aliphatic heterocycles. The Hall–Kier alpha value is -2.69. The van der Waals surface area contributed by atoms with Gasteiger partial charge in [0.15, 0.2) is 11.6 Å². The van der Waals surface area contributed by atoms with Gasteiger partial charge in [0, 0.05) is 12.8 Å². The highest BCUT2D eigenvalue weighted by Gasteiger charge is 2.11. The van der Waals surface area contributed by atoms with Crippen molar-refractivity contribution in [3.63, 3.8) is 0 Å². The molecule has 4 nitrogen and oxygen atoms in total. The van der Waals surface area contributed by atoms with Crippen LogP contribution < -0.4 is 9.47 Å². The van der Waals surface area contributed by atoms with Crippen molar-refractivity contribution in [3.8, 4) is 11.5 Å². The van der Waals surface area contributed by atoms with Crippen molar-refractivity contribution in [1.82, 2.24) is 0 Å². The third kappa shape index (κ3) is 5.21. The van der Waals surface area contributed by atoms with E-state index in [1.807, 2.05) is 19.1 Å². The van der Waals surface area contributed by atoms with Gasteiger partial charge in [-0.15, -0.1) is 0 Å². The number of halogens is 1. The average molecular weight is 316 g/mol. The minimum absolute atomic E-state index is 0.0111. The molecule has 2 rings (SSSR count). The maximum Gasteiger partial charge on any atom is 0.311 e. The van der Waals surface area contributed by atoms with Crippen molar-refractivity contribution in [1.29, 1.82) is 0 Å². The van der Waals surface area contributed by atoms with E-state index in [1.165, 1.54) is 18.2 Å². The number of esters is 2. The van der Waals surface area contributed by atoms with E-state index >= 15 is 0 Å². The SMILES string of the molecule is Cc1ccccc1OC(=O)CCCC(=O)Oc1ccccc1F. The zero-order valence-corrected chi connectivity index (χ0v) is 12.8. The van der Waals surface area contributed by atoms with Crippen molar-refractivity contribution in [2.75, 3.05) is 0 Å². The Morgan fingerprint density at radius 1 is 0.870 bits per heavy atom. The van der Waals surface area contributed by atoms with E-state index < -0.39 is 17.8 Å². The molecule has 0 amide bonds. The summed E-state index contributed by atoms with van der Waals surface area (Å²) in [5.41, 5.74) is 0.861. The van der Waals surface area contributed by atoms with Crippen LogP contribution in [0.5, 0.6) is 11.5 Å². The molecule has 0 saturated carbocycles. The molecule has 0 N–H and O–H groups in total. The summed E-state index contributed by atoms with van der Waals surface area (Å²) in [6.07, 6.45) is 0.371. The molecule has 0 aromatic heterocycles. The lowest BCUT2D eigenvalue weighted by molar-refractivity contribution is -0.136. The predicted molar refractivity (Wildman–Crippen MR) is 82.7 cm³/mol. The Kier molecular flexibility index (Phi) is 5.86. The molecule has 0 heterocycles. The number of ether oxygens (including phenoxy) is 2. The average Bonchev–Trinajstić information content (AvgIpc) is 2.52. The van der Waals surface area contributed by atoms with Gasteiger partial charge in [0.25, 0.3) is 0 Å². The summed E-state index contributed by atoms with van der Waals surface area (Å²) >= 11 is 0. The summed E-state index contributed by atoms with van der Waals surface area (Å²) in [6, 6.07) is 12.8. The molecule has 0 unspecified atom stereocenters. The van der Waals surface area contributed by atoms with Crippen molar-refractivity contribution in [2.45, 2.75) is 26.2 Å². The van der Waals surface area contributed by atoms with Crippen LogP contribution in [0.25, 0.3) is 0 Å². The fraction of sp³-hybridized carbons (Fsp3) is 0.222. The van der Waals surface area contributed by atoms with Crippen LogP contribution in [0.4, 0.5) is 4.39 Å². The van der Waals surface area contributed by atoms with E-state index in [0.717, 1.165) is 5.56 Å². The van der Waals surface area contributed by atoms with Crippen LogP contribution in [0.3, 0.4) is 0 Å². The standard InChI is InChI=1S/C18H17FO4/c1-13-7-2-4-9-15(13)22-17(20)11-6-12-18(21)23-16-10-5-3-8-14(16)19/h2-5,7-10H,6,11-12H2,1H3. The summed E-state index contributed by atoms with van der Waals surface area (Å²) < 4.78 is 23.4. The zero-order chi connectivity index (χ0) is 16.7. The zero-order valence-electron chi connectivity index (χ0n) is 12.8. The van der Waals surface area contributed by atoms with E-state index in [9.17, 15) is 14.0 Å². The predicted octanol–water partition coefficient (Wildman–Crippen LogP) is 3.82. The number of aryl methyl sites for hydroxylation is 1. The Bertz CT molecular complexity index is 637. The topological polar surface area (TPSA) is 52.6 Å². The van der Waals surface area contributed by atoms with Crippen molar-refractivity contribution < 1.29 is 23.5 Å². The normalized spacial score (nSPS) is 10.2. The maximum atomic E-state index is 13.3. The molecular formula is C18H17FO4. The van der Waals surface area contributed by atoms with Gasteiger partial charge >= 0.3 is 11.9 Å². The molecule has 0 radical (unpaired) electrons. The quantitative estimate of drug-likeness (QED) is 0.600. The molecule has 0 bridgehead atoms. The lowest BCUT2D eigenvalue weighted by atomic mass is 10.2. The first-order valence-corrected chi connectivity index (χ1v) is 7.28. The molecule has 0 atom stereocenters. The minimum atomic E-state index is -0.597. The number of rotatable bonds is 6. The molecule has 0 fully saturated rings. The second-order valence-corrected chi connectivity index (χ2v) is 5.00. The first-order chi connectivity index (χ1) is 11.1. The van der Waals surface area contributed by atoms with Crippen LogP contribution in [-0.4, -0.2) is 11.9 Å². The third-order valence-corrected chi connectivity index (χ3v) is 3.14. The van der Waals surface area contributed by atoms with Gasteiger partial charge < -0.3 is 9.47 Å². The highest BCUT2D eigenvalue weighted by molar-refractivity contribution is 5.75. The van der Waals surface area contributed by atoms with Crippen LogP contribution in [0, 0.1) is 12.7 Å². The molecule has 0 aliphatic carbocycles. The van der Waals surface area contributed by atoms with E-state index in [-0.39, 0.29) is 25.0 Å².